The number of nitrogen functional groups attached to an aromatic ring is 1. The van der Waals surface area contributed by atoms with Crippen molar-refractivity contribution in [2.24, 2.45) is 5.92 Å². The van der Waals surface area contributed by atoms with Crippen LogP contribution in [-0.2, 0) is 6.54 Å². The van der Waals surface area contributed by atoms with E-state index in [1.54, 1.807) is 11.8 Å². The number of nitrogens with zero attached hydrogens (tertiary/aromatic N) is 6. The molecule has 180 valence electrons. The van der Waals surface area contributed by atoms with Crippen molar-refractivity contribution in [2.45, 2.75) is 50.4 Å². The van der Waals surface area contributed by atoms with Crippen molar-refractivity contribution in [1.29, 1.82) is 0 Å². The monoisotopic (exact) mass is 477 g/mol. The molecule has 0 radical (unpaired) electrons. The van der Waals surface area contributed by atoms with Crippen molar-refractivity contribution in [3.8, 4) is 0 Å². The largest absolute Gasteiger partial charge is 0.375 e. The molecule has 2 aliphatic heterocycles. The number of piperidine rings is 2. The number of rotatable bonds is 6. The second-order valence-corrected chi connectivity index (χ2v) is 10.4. The van der Waals surface area contributed by atoms with Crippen molar-refractivity contribution < 1.29 is 0 Å². The summed E-state index contributed by atoms with van der Waals surface area (Å²) in [5.74, 6) is 0.915. The maximum absolute atomic E-state index is 5.61. The van der Waals surface area contributed by atoms with Crippen molar-refractivity contribution >= 4 is 28.7 Å². The summed E-state index contributed by atoms with van der Waals surface area (Å²) < 4.78 is 2.49. The van der Waals surface area contributed by atoms with E-state index >= 15 is 0 Å². The highest BCUT2D eigenvalue weighted by Gasteiger charge is 2.29. The third-order valence-electron chi connectivity index (χ3n) is 7.42. The number of thioether (sulfide) groups is 1. The van der Waals surface area contributed by atoms with Crippen LogP contribution in [0.15, 0.2) is 48.0 Å². The number of nitrogens with two attached hydrogens (primary N) is 1. The van der Waals surface area contributed by atoms with Gasteiger partial charge >= 0.3 is 0 Å². The zero-order valence-electron chi connectivity index (χ0n) is 20.3. The minimum absolute atomic E-state index is 0.337. The van der Waals surface area contributed by atoms with Crippen molar-refractivity contribution in [2.75, 3.05) is 38.2 Å². The molecule has 2 saturated heterocycles. The molecule has 0 amide bonds. The molecule has 5 rings (SSSR count). The van der Waals surface area contributed by atoms with Crippen LogP contribution in [-0.4, -0.2) is 61.8 Å². The van der Waals surface area contributed by atoms with Gasteiger partial charge in [-0.15, -0.1) is 0 Å². The Bertz CT molecular complexity index is 1140. The molecule has 1 aromatic carbocycles. The number of imidazole rings is 1. The second kappa shape index (κ2) is 9.96. The zero-order chi connectivity index (χ0) is 23.7. The van der Waals surface area contributed by atoms with Gasteiger partial charge in [-0.3, -0.25) is 4.90 Å². The second-order valence-electron chi connectivity index (χ2n) is 9.67. The van der Waals surface area contributed by atoms with Crippen LogP contribution in [0, 0.1) is 12.8 Å². The molecule has 8 heteroatoms. The van der Waals surface area contributed by atoms with E-state index in [1.165, 1.54) is 16.8 Å². The molecule has 2 fully saturated rings. The third kappa shape index (κ3) is 4.79. The van der Waals surface area contributed by atoms with E-state index in [1.807, 2.05) is 12.4 Å². The summed E-state index contributed by atoms with van der Waals surface area (Å²) in [6.45, 7) is 11.9. The normalized spacial score (nSPS) is 18.6. The first-order valence-electron chi connectivity index (χ1n) is 12.3. The molecule has 4 heterocycles. The number of likely N-dealkylation sites (tertiary alicyclic amines) is 2. The number of anilines is 1. The van der Waals surface area contributed by atoms with Gasteiger partial charge in [0.2, 0.25) is 5.95 Å². The molecule has 0 unspecified atom stereocenters. The lowest BCUT2D eigenvalue weighted by Gasteiger charge is -2.41. The Morgan fingerprint density at radius 3 is 2.47 bits per heavy atom. The van der Waals surface area contributed by atoms with Gasteiger partial charge in [0.1, 0.15) is 0 Å². The fourth-order valence-electron chi connectivity index (χ4n) is 5.48. The van der Waals surface area contributed by atoms with Crippen LogP contribution in [0.2, 0.25) is 0 Å². The third-order valence-corrected chi connectivity index (χ3v) is 8.07. The van der Waals surface area contributed by atoms with Crippen LogP contribution in [0.4, 0.5) is 5.95 Å². The van der Waals surface area contributed by atoms with E-state index in [2.05, 4.69) is 62.3 Å². The van der Waals surface area contributed by atoms with E-state index in [9.17, 15) is 0 Å². The Morgan fingerprint density at radius 1 is 1.09 bits per heavy atom. The summed E-state index contributed by atoms with van der Waals surface area (Å²) in [7, 11) is 0. The first-order chi connectivity index (χ1) is 16.5. The number of hydrogen-bond acceptors (Lipinski definition) is 7. The van der Waals surface area contributed by atoms with Gasteiger partial charge in [0, 0.05) is 55.2 Å². The van der Waals surface area contributed by atoms with Gasteiger partial charge in [-0.2, -0.15) is 0 Å². The van der Waals surface area contributed by atoms with E-state index in [4.69, 9.17) is 10.7 Å². The zero-order valence-corrected chi connectivity index (χ0v) is 21.1. The molecule has 3 aromatic rings. The SMILES string of the molecule is C=C(C1CCN(Cc2cnc(N)nc2)CC1)N1CCC(n2c(SC)nc3cc(C)ccc32)CC1. The highest BCUT2D eigenvalue weighted by molar-refractivity contribution is 7.98. The highest BCUT2D eigenvalue weighted by atomic mass is 32.2. The van der Waals surface area contributed by atoms with Crippen molar-refractivity contribution in [3.63, 3.8) is 0 Å². The van der Waals surface area contributed by atoms with E-state index in [0.29, 0.717) is 17.9 Å². The van der Waals surface area contributed by atoms with Crippen LogP contribution in [0.5, 0.6) is 0 Å². The summed E-state index contributed by atoms with van der Waals surface area (Å²) in [5.41, 5.74) is 11.7. The molecule has 34 heavy (non-hydrogen) atoms. The first-order valence-corrected chi connectivity index (χ1v) is 13.5. The predicted molar refractivity (Wildman–Crippen MR) is 140 cm³/mol. The maximum atomic E-state index is 5.61. The first kappa shape index (κ1) is 23.2. The Labute approximate surface area is 206 Å². The molecule has 2 aliphatic rings. The van der Waals surface area contributed by atoms with Crippen LogP contribution >= 0.6 is 11.8 Å². The molecule has 2 N–H and O–H groups in total. The molecule has 0 saturated carbocycles. The number of benzene rings is 1. The van der Waals surface area contributed by atoms with Gasteiger partial charge in [0.15, 0.2) is 5.16 Å². The quantitative estimate of drug-likeness (QED) is 0.524. The highest BCUT2D eigenvalue weighted by Crippen LogP contribution is 2.35. The lowest BCUT2D eigenvalue weighted by molar-refractivity contribution is 0.153. The molecular weight excluding hydrogens is 442 g/mol. The van der Waals surface area contributed by atoms with Gasteiger partial charge in [-0.25, -0.2) is 15.0 Å². The van der Waals surface area contributed by atoms with Crippen LogP contribution in [0.25, 0.3) is 11.0 Å². The Morgan fingerprint density at radius 2 is 1.79 bits per heavy atom. The number of aryl methyl sites for hydroxylation is 1. The fourth-order valence-corrected chi connectivity index (χ4v) is 6.12. The summed E-state index contributed by atoms with van der Waals surface area (Å²) in [4.78, 5) is 18.2. The van der Waals surface area contributed by atoms with Gasteiger partial charge in [-0.1, -0.05) is 24.4 Å². The number of aromatic nitrogens is 4. The Hall–Kier alpha value is -2.58. The number of hydrogen-bond donors (Lipinski definition) is 1. The fraction of sp³-hybridized carbons (Fsp3) is 0.500. The molecule has 0 bridgehead atoms. The smallest absolute Gasteiger partial charge is 0.219 e. The Kier molecular flexibility index (Phi) is 6.79. The lowest BCUT2D eigenvalue weighted by Crippen LogP contribution is -2.40. The summed E-state index contributed by atoms with van der Waals surface area (Å²) in [5, 5.41) is 1.14. The van der Waals surface area contributed by atoms with E-state index in [0.717, 1.165) is 74.6 Å². The minimum Gasteiger partial charge on any atom is -0.375 e. The van der Waals surface area contributed by atoms with Crippen molar-refractivity contribution in [1.82, 2.24) is 29.3 Å². The molecule has 0 spiro atoms. The molecule has 0 aliphatic carbocycles. The standard InChI is InChI=1S/C26H35N7S/c1-18-4-5-24-23(14-18)30-26(34-3)33(24)22-8-12-32(13-9-22)19(2)21-6-10-31(11-7-21)17-20-15-28-25(27)29-16-20/h4-5,14-16,21-22H,2,6-13,17H2,1,3H3,(H2,27,28,29). The van der Waals surface area contributed by atoms with Crippen LogP contribution in [0.1, 0.15) is 42.9 Å². The molecule has 0 atom stereocenters. The van der Waals surface area contributed by atoms with Gasteiger partial charge in [0.25, 0.3) is 0 Å². The summed E-state index contributed by atoms with van der Waals surface area (Å²) in [6, 6.07) is 7.15. The lowest BCUT2D eigenvalue weighted by atomic mass is 9.91. The van der Waals surface area contributed by atoms with Crippen LogP contribution in [0.3, 0.4) is 0 Å². The topological polar surface area (TPSA) is 76.1 Å². The van der Waals surface area contributed by atoms with E-state index < -0.39 is 0 Å². The van der Waals surface area contributed by atoms with E-state index in [-0.39, 0.29) is 0 Å². The van der Waals surface area contributed by atoms with Gasteiger partial charge in [-0.05, 0) is 69.6 Å². The molecule has 2 aromatic heterocycles. The number of fused-ring (bicyclic) bond motifs is 1. The van der Waals surface area contributed by atoms with Gasteiger partial charge < -0.3 is 15.2 Å². The van der Waals surface area contributed by atoms with Crippen LogP contribution < -0.4 is 5.73 Å². The maximum Gasteiger partial charge on any atom is 0.219 e. The summed E-state index contributed by atoms with van der Waals surface area (Å²) >= 11 is 1.75. The molecule has 7 nitrogen and oxygen atoms in total. The number of allylic oxidation sites excluding steroid dienone is 1. The minimum atomic E-state index is 0.337. The predicted octanol–water partition coefficient (Wildman–Crippen LogP) is 4.50. The molecular formula is C26H35N7S. The Balaban J connectivity index is 1.16. The summed E-state index contributed by atoms with van der Waals surface area (Å²) in [6.07, 6.45) is 10.4. The average Bonchev–Trinajstić information content (AvgIpc) is 3.23. The van der Waals surface area contributed by atoms with Gasteiger partial charge in [0.05, 0.1) is 11.0 Å². The average molecular weight is 478 g/mol. The van der Waals surface area contributed by atoms with Crippen molar-refractivity contribution in [3.05, 3.63) is 54.0 Å².